The number of amides is 2. The van der Waals surface area contributed by atoms with Crippen LogP contribution in [0.15, 0.2) is 29.9 Å². The van der Waals surface area contributed by atoms with Gasteiger partial charge in [-0.2, -0.15) is 0 Å². The van der Waals surface area contributed by atoms with E-state index in [9.17, 15) is 9.59 Å². The van der Waals surface area contributed by atoms with Gasteiger partial charge in [-0.05, 0) is 26.0 Å². The fourth-order valence-electron chi connectivity index (χ4n) is 1.63. The van der Waals surface area contributed by atoms with Crippen LogP contribution in [0.5, 0.6) is 0 Å². The molecule has 0 bridgehead atoms. The predicted molar refractivity (Wildman–Crippen MR) is 78.5 cm³/mol. The van der Waals surface area contributed by atoms with Crippen molar-refractivity contribution >= 4 is 29.0 Å². The molecule has 2 heterocycles. The van der Waals surface area contributed by atoms with Crippen molar-refractivity contribution in [2.75, 3.05) is 5.32 Å². The molecule has 0 aromatic carbocycles. The van der Waals surface area contributed by atoms with Gasteiger partial charge in [0.1, 0.15) is 10.7 Å². The second-order valence-electron chi connectivity index (χ2n) is 4.78. The third-order valence-corrected chi connectivity index (χ3v) is 3.73. The van der Waals surface area contributed by atoms with Gasteiger partial charge < -0.3 is 15.7 Å². The van der Waals surface area contributed by atoms with Crippen molar-refractivity contribution in [3.63, 3.8) is 0 Å². The van der Waals surface area contributed by atoms with E-state index in [1.54, 1.807) is 6.20 Å². The van der Waals surface area contributed by atoms with E-state index in [1.807, 2.05) is 19.2 Å². The van der Waals surface area contributed by atoms with Gasteiger partial charge in [-0.1, -0.05) is 0 Å². The Kier molecular flexibility index (Phi) is 4.18. The number of aromatic carboxylic acids is 1. The molecule has 2 amide bonds. The number of nitrogens with zero attached hydrogens (tertiary/aromatic N) is 2. The Hall–Kier alpha value is -2.48. The van der Waals surface area contributed by atoms with Gasteiger partial charge in [0, 0.05) is 11.6 Å². The third-order valence-electron chi connectivity index (χ3n) is 2.63. The number of pyridine rings is 1. The smallest absolute Gasteiger partial charge is 0.354 e. The van der Waals surface area contributed by atoms with Crippen LogP contribution < -0.4 is 10.6 Å². The Labute approximate surface area is 125 Å². The van der Waals surface area contributed by atoms with E-state index in [0.29, 0.717) is 5.69 Å². The summed E-state index contributed by atoms with van der Waals surface area (Å²) < 4.78 is 0. The molecule has 8 heteroatoms. The molecule has 2 rings (SSSR count). The van der Waals surface area contributed by atoms with Crippen LogP contribution >= 0.6 is 11.3 Å². The zero-order valence-corrected chi connectivity index (χ0v) is 12.3. The molecule has 2 aromatic rings. The molecule has 0 unspecified atom stereocenters. The predicted octanol–water partition coefficient (Wildman–Crippen LogP) is 2.29. The van der Waals surface area contributed by atoms with Crippen LogP contribution in [-0.4, -0.2) is 27.1 Å². The number of thiazole rings is 1. The molecule has 3 N–H and O–H groups in total. The number of carboxylic acids is 1. The average molecular weight is 306 g/mol. The molecule has 21 heavy (non-hydrogen) atoms. The molecule has 110 valence electrons. The summed E-state index contributed by atoms with van der Waals surface area (Å²) in [6.45, 7) is 3.69. The van der Waals surface area contributed by atoms with Crippen molar-refractivity contribution in [1.82, 2.24) is 15.3 Å². The van der Waals surface area contributed by atoms with Gasteiger partial charge in [-0.3, -0.25) is 0 Å². The number of carboxylic acid groups (broad SMARTS) is 1. The first kappa shape index (κ1) is 14.9. The van der Waals surface area contributed by atoms with Gasteiger partial charge in [0.25, 0.3) is 0 Å². The van der Waals surface area contributed by atoms with E-state index >= 15 is 0 Å². The maximum absolute atomic E-state index is 12.0. The van der Waals surface area contributed by atoms with Gasteiger partial charge in [0.2, 0.25) is 0 Å². The third kappa shape index (κ3) is 3.76. The lowest BCUT2D eigenvalue weighted by Crippen LogP contribution is -2.43. The summed E-state index contributed by atoms with van der Waals surface area (Å²) in [5, 5.41) is 16.8. The van der Waals surface area contributed by atoms with Crippen LogP contribution in [-0.2, 0) is 5.54 Å². The molecule has 0 saturated heterocycles. The number of nitrogens with one attached hydrogen (secondary N) is 2. The lowest BCUT2D eigenvalue weighted by atomic mass is 10.1. The van der Waals surface area contributed by atoms with Crippen molar-refractivity contribution < 1.29 is 14.7 Å². The van der Waals surface area contributed by atoms with Crippen LogP contribution in [0, 0.1) is 0 Å². The first-order valence-electron chi connectivity index (χ1n) is 6.07. The standard InChI is InChI=1S/C13H14N4O3S/c1-13(2,11-14-5-6-21-11)17-12(20)16-8-3-4-9(10(18)19)15-7-8/h3-7H,1-2H3,(H,18,19)(H2,16,17,20). The maximum atomic E-state index is 12.0. The minimum absolute atomic E-state index is 0.0796. The molecule has 0 aliphatic carbocycles. The summed E-state index contributed by atoms with van der Waals surface area (Å²) in [4.78, 5) is 30.5. The zero-order valence-electron chi connectivity index (χ0n) is 11.5. The van der Waals surface area contributed by atoms with Gasteiger partial charge >= 0.3 is 12.0 Å². The van der Waals surface area contributed by atoms with Crippen LogP contribution in [0.4, 0.5) is 10.5 Å². The molecule has 0 aliphatic heterocycles. The maximum Gasteiger partial charge on any atom is 0.354 e. The summed E-state index contributed by atoms with van der Waals surface area (Å²) in [6.07, 6.45) is 2.97. The van der Waals surface area contributed by atoms with Crippen molar-refractivity contribution in [3.8, 4) is 0 Å². The number of hydrogen-bond donors (Lipinski definition) is 3. The zero-order chi connectivity index (χ0) is 15.5. The Bertz CT molecular complexity index is 638. The van der Waals surface area contributed by atoms with Crippen molar-refractivity contribution in [3.05, 3.63) is 40.6 Å². The second kappa shape index (κ2) is 5.88. The molecule has 0 spiro atoms. The number of hydrogen-bond acceptors (Lipinski definition) is 5. The van der Waals surface area contributed by atoms with Crippen LogP contribution in [0.3, 0.4) is 0 Å². The highest BCUT2D eigenvalue weighted by atomic mass is 32.1. The number of aromatic nitrogens is 2. The summed E-state index contributed by atoms with van der Waals surface area (Å²) in [7, 11) is 0. The molecule has 2 aromatic heterocycles. The molecule has 7 nitrogen and oxygen atoms in total. The quantitative estimate of drug-likeness (QED) is 0.804. The highest BCUT2D eigenvalue weighted by Crippen LogP contribution is 2.22. The van der Waals surface area contributed by atoms with Gasteiger partial charge in [-0.15, -0.1) is 11.3 Å². The first-order valence-corrected chi connectivity index (χ1v) is 6.95. The highest BCUT2D eigenvalue weighted by molar-refractivity contribution is 7.09. The van der Waals surface area contributed by atoms with Gasteiger partial charge in [-0.25, -0.2) is 19.6 Å². The molecular formula is C13H14N4O3S. The molecule has 0 fully saturated rings. The number of carbonyl (C=O) groups excluding carboxylic acids is 1. The highest BCUT2D eigenvalue weighted by Gasteiger charge is 2.25. The lowest BCUT2D eigenvalue weighted by Gasteiger charge is -2.23. The Morgan fingerprint density at radius 3 is 2.57 bits per heavy atom. The average Bonchev–Trinajstić information content (AvgIpc) is 2.93. The topological polar surface area (TPSA) is 104 Å². The van der Waals surface area contributed by atoms with E-state index in [1.165, 1.54) is 29.7 Å². The molecule has 0 aliphatic rings. The van der Waals surface area contributed by atoms with Crippen LogP contribution in [0.1, 0.15) is 29.3 Å². The number of rotatable bonds is 4. The SMILES string of the molecule is CC(C)(NC(=O)Nc1ccc(C(=O)O)nc1)c1nccs1. The Morgan fingerprint density at radius 2 is 2.05 bits per heavy atom. The Balaban J connectivity index is 2.00. The molecule has 0 saturated carbocycles. The largest absolute Gasteiger partial charge is 0.477 e. The first-order chi connectivity index (χ1) is 9.88. The van der Waals surface area contributed by atoms with Crippen LogP contribution in [0.2, 0.25) is 0 Å². The van der Waals surface area contributed by atoms with Crippen LogP contribution in [0.25, 0.3) is 0 Å². The minimum atomic E-state index is -1.11. The number of anilines is 1. The van der Waals surface area contributed by atoms with Crippen molar-refractivity contribution in [1.29, 1.82) is 0 Å². The molecule has 0 radical (unpaired) electrons. The summed E-state index contributed by atoms with van der Waals surface area (Å²) >= 11 is 1.45. The summed E-state index contributed by atoms with van der Waals surface area (Å²) in [5.41, 5.74) is -0.274. The summed E-state index contributed by atoms with van der Waals surface area (Å²) in [5.74, 6) is -1.11. The van der Waals surface area contributed by atoms with E-state index < -0.39 is 17.5 Å². The fraction of sp³-hybridized carbons (Fsp3) is 0.231. The van der Waals surface area contributed by atoms with E-state index in [-0.39, 0.29) is 5.69 Å². The van der Waals surface area contributed by atoms with E-state index in [2.05, 4.69) is 20.6 Å². The second-order valence-corrected chi connectivity index (χ2v) is 5.67. The lowest BCUT2D eigenvalue weighted by molar-refractivity contribution is 0.0690. The van der Waals surface area contributed by atoms with E-state index in [0.717, 1.165) is 5.01 Å². The Morgan fingerprint density at radius 1 is 1.29 bits per heavy atom. The fourth-order valence-corrected chi connectivity index (χ4v) is 2.34. The monoisotopic (exact) mass is 306 g/mol. The molecular weight excluding hydrogens is 292 g/mol. The summed E-state index contributed by atoms with van der Waals surface area (Å²) in [6, 6.07) is 2.39. The molecule has 0 atom stereocenters. The minimum Gasteiger partial charge on any atom is -0.477 e. The van der Waals surface area contributed by atoms with Gasteiger partial charge in [0.05, 0.1) is 17.4 Å². The van der Waals surface area contributed by atoms with Crippen molar-refractivity contribution in [2.45, 2.75) is 19.4 Å². The number of carbonyl (C=O) groups is 2. The van der Waals surface area contributed by atoms with E-state index in [4.69, 9.17) is 5.11 Å². The van der Waals surface area contributed by atoms with Gasteiger partial charge in [0.15, 0.2) is 0 Å². The van der Waals surface area contributed by atoms with Crippen molar-refractivity contribution in [2.24, 2.45) is 0 Å². The normalized spacial score (nSPS) is 11.0. The number of urea groups is 1.